The zero-order valence-corrected chi connectivity index (χ0v) is 11.9. The highest BCUT2D eigenvalue weighted by atomic mass is 32.3. The number of benzene rings is 1. The van der Waals surface area contributed by atoms with Crippen molar-refractivity contribution < 1.29 is 18.3 Å². The Balaban J connectivity index is 2.17. The molecule has 1 aromatic carbocycles. The minimum atomic E-state index is -3.66. The number of thiophene rings is 1. The van der Waals surface area contributed by atoms with Gasteiger partial charge in [0.15, 0.2) is 0 Å². The van der Waals surface area contributed by atoms with E-state index < -0.39 is 16.0 Å². The number of nitrogens with two attached hydrogens (primary N) is 1. The smallest absolute Gasteiger partial charge is 0.335 e. The molecule has 8 heteroatoms. The van der Waals surface area contributed by atoms with Crippen LogP contribution in [0.15, 0.2) is 49.7 Å². The van der Waals surface area contributed by atoms with Gasteiger partial charge in [0.05, 0.1) is 9.77 Å². The van der Waals surface area contributed by atoms with Gasteiger partial charge in [0.2, 0.25) is 10.0 Å². The van der Waals surface area contributed by atoms with Crippen LogP contribution in [0.4, 0.5) is 0 Å². The molecule has 3 N–H and O–H groups in total. The highest BCUT2D eigenvalue weighted by molar-refractivity contribution is 8.01. The molecule has 1 aromatic heterocycles. The van der Waals surface area contributed by atoms with Crippen molar-refractivity contribution >= 4 is 39.1 Å². The average molecular weight is 315 g/mol. The fourth-order valence-electron chi connectivity index (χ4n) is 1.29. The molecule has 0 saturated heterocycles. The highest BCUT2D eigenvalue weighted by Crippen LogP contribution is 2.34. The monoisotopic (exact) mass is 315 g/mol. The van der Waals surface area contributed by atoms with Gasteiger partial charge < -0.3 is 5.11 Å². The van der Waals surface area contributed by atoms with E-state index in [0.29, 0.717) is 0 Å². The Kier molecular flexibility index (Phi) is 3.95. The topological polar surface area (TPSA) is 97.5 Å². The van der Waals surface area contributed by atoms with Crippen LogP contribution in [-0.2, 0) is 10.0 Å². The van der Waals surface area contributed by atoms with Gasteiger partial charge in [0, 0.05) is 4.90 Å². The molecule has 0 saturated carbocycles. The number of aromatic carboxylic acids is 1. The SMILES string of the molecule is NS(=O)(=O)c1ccc(Sc2ccc(C(=O)O)cc2)s1. The Morgan fingerprint density at radius 3 is 2.26 bits per heavy atom. The van der Waals surface area contributed by atoms with Crippen LogP contribution in [0.2, 0.25) is 0 Å². The number of hydrogen-bond donors (Lipinski definition) is 2. The van der Waals surface area contributed by atoms with Gasteiger partial charge in [-0.2, -0.15) is 0 Å². The second-order valence-corrected chi connectivity index (χ2v) is 7.80. The number of primary sulfonamides is 1. The van der Waals surface area contributed by atoms with E-state index in [0.717, 1.165) is 20.4 Å². The molecular formula is C11H9NO4S3. The highest BCUT2D eigenvalue weighted by Gasteiger charge is 2.12. The summed E-state index contributed by atoms with van der Waals surface area (Å²) in [6, 6.07) is 9.46. The Morgan fingerprint density at radius 2 is 1.79 bits per heavy atom. The van der Waals surface area contributed by atoms with E-state index in [1.807, 2.05) is 0 Å². The molecule has 0 radical (unpaired) electrons. The van der Waals surface area contributed by atoms with Crippen LogP contribution >= 0.6 is 23.1 Å². The lowest BCUT2D eigenvalue weighted by Crippen LogP contribution is -2.09. The first-order valence-corrected chi connectivity index (χ1v) is 8.18. The quantitative estimate of drug-likeness (QED) is 0.901. The van der Waals surface area contributed by atoms with E-state index >= 15 is 0 Å². The fraction of sp³-hybridized carbons (Fsp3) is 0. The number of carbonyl (C=O) groups is 1. The molecule has 0 unspecified atom stereocenters. The zero-order valence-electron chi connectivity index (χ0n) is 9.44. The van der Waals surface area contributed by atoms with Crippen molar-refractivity contribution in [2.75, 3.05) is 0 Å². The lowest BCUT2D eigenvalue weighted by Gasteiger charge is -1.99. The van der Waals surface area contributed by atoms with Crippen LogP contribution in [0.3, 0.4) is 0 Å². The molecule has 1 heterocycles. The summed E-state index contributed by atoms with van der Waals surface area (Å²) in [6.07, 6.45) is 0. The molecule has 0 bridgehead atoms. The summed E-state index contributed by atoms with van der Waals surface area (Å²) in [5, 5.41) is 13.8. The molecule has 19 heavy (non-hydrogen) atoms. The van der Waals surface area contributed by atoms with Gasteiger partial charge in [-0.05, 0) is 36.4 Å². The van der Waals surface area contributed by atoms with Gasteiger partial charge in [-0.3, -0.25) is 0 Å². The van der Waals surface area contributed by atoms with E-state index in [2.05, 4.69) is 0 Å². The lowest BCUT2D eigenvalue weighted by molar-refractivity contribution is 0.0697. The molecule has 100 valence electrons. The first kappa shape index (κ1) is 14.1. The van der Waals surface area contributed by atoms with E-state index in [9.17, 15) is 13.2 Å². The third kappa shape index (κ3) is 3.57. The van der Waals surface area contributed by atoms with Gasteiger partial charge in [-0.15, -0.1) is 11.3 Å². The van der Waals surface area contributed by atoms with Crippen molar-refractivity contribution in [3.63, 3.8) is 0 Å². The molecule has 0 atom stereocenters. The number of carboxylic acid groups (broad SMARTS) is 1. The predicted octanol–water partition coefficient (Wildman–Crippen LogP) is 2.24. The van der Waals surface area contributed by atoms with Crippen molar-refractivity contribution in [2.24, 2.45) is 5.14 Å². The number of hydrogen-bond acceptors (Lipinski definition) is 5. The summed E-state index contributed by atoms with van der Waals surface area (Å²) in [4.78, 5) is 11.5. The Morgan fingerprint density at radius 1 is 1.16 bits per heavy atom. The maximum atomic E-state index is 11.1. The summed E-state index contributed by atoms with van der Waals surface area (Å²) in [5.41, 5.74) is 0.209. The molecule has 0 aliphatic carbocycles. The minimum Gasteiger partial charge on any atom is -0.478 e. The molecule has 0 aliphatic rings. The van der Waals surface area contributed by atoms with Gasteiger partial charge in [-0.1, -0.05) is 11.8 Å². The molecule has 0 amide bonds. The van der Waals surface area contributed by atoms with E-state index in [4.69, 9.17) is 10.2 Å². The van der Waals surface area contributed by atoms with Crippen molar-refractivity contribution in [1.29, 1.82) is 0 Å². The van der Waals surface area contributed by atoms with Crippen LogP contribution < -0.4 is 5.14 Å². The Hall–Kier alpha value is -1.35. The molecule has 0 aliphatic heterocycles. The molecule has 2 aromatic rings. The largest absolute Gasteiger partial charge is 0.478 e. The molecule has 0 fully saturated rings. The second kappa shape index (κ2) is 5.33. The van der Waals surface area contributed by atoms with Crippen molar-refractivity contribution in [2.45, 2.75) is 13.3 Å². The first-order chi connectivity index (χ1) is 8.86. The Labute approximate surface area is 118 Å². The second-order valence-electron chi connectivity index (χ2n) is 3.55. The van der Waals surface area contributed by atoms with Crippen LogP contribution in [0.5, 0.6) is 0 Å². The standard InChI is InChI=1S/C11H9NO4S3/c12-19(15,16)10-6-5-9(18-10)17-8-3-1-7(2-4-8)11(13)14/h1-6H,(H,13,14)(H2,12,15,16). The van der Waals surface area contributed by atoms with Crippen LogP contribution in [0.25, 0.3) is 0 Å². The summed E-state index contributed by atoms with van der Waals surface area (Å²) >= 11 is 2.43. The molecular weight excluding hydrogens is 306 g/mol. The van der Waals surface area contributed by atoms with Gasteiger partial charge >= 0.3 is 5.97 Å². The van der Waals surface area contributed by atoms with Gasteiger partial charge in [-0.25, -0.2) is 18.4 Å². The normalized spacial score (nSPS) is 11.4. The summed E-state index contributed by atoms with van der Waals surface area (Å²) in [6.45, 7) is 0. The van der Waals surface area contributed by atoms with Crippen LogP contribution in [0.1, 0.15) is 10.4 Å². The van der Waals surface area contributed by atoms with E-state index in [1.165, 1.54) is 30.0 Å². The van der Waals surface area contributed by atoms with Crippen LogP contribution in [-0.4, -0.2) is 19.5 Å². The fourth-order valence-corrected chi connectivity index (χ4v) is 4.28. The third-order valence-electron chi connectivity index (χ3n) is 2.16. The minimum absolute atomic E-state index is 0.108. The summed E-state index contributed by atoms with van der Waals surface area (Å²) in [5.74, 6) is -0.982. The number of sulfonamides is 1. The third-order valence-corrected chi connectivity index (χ3v) is 5.82. The lowest BCUT2D eigenvalue weighted by atomic mass is 10.2. The van der Waals surface area contributed by atoms with Crippen molar-refractivity contribution in [3.8, 4) is 0 Å². The maximum Gasteiger partial charge on any atom is 0.335 e. The van der Waals surface area contributed by atoms with E-state index in [1.54, 1.807) is 18.2 Å². The summed E-state index contributed by atoms with van der Waals surface area (Å²) in [7, 11) is -3.66. The predicted molar refractivity (Wildman–Crippen MR) is 73.2 cm³/mol. The van der Waals surface area contributed by atoms with E-state index in [-0.39, 0.29) is 9.77 Å². The van der Waals surface area contributed by atoms with Crippen LogP contribution in [0, 0.1) is 0 Å². The maximum absolute atomic E-state index is 11.1. The average Bonchev–Trinajstić information content (AvgIpc) is 2.78. The summed E-state index contributed by atoms with van der Waals surface area (Å²) < 4.78 is 23.1. The molecule has 0 spiro atoms. The molecule has 5 nitrogen and oxygen atoms in total. The van der Waals surface area contributed by atoms with Crippen molar-refractivity contribution in [1.82, 2.24) is 0 Å². The van der Waals surface area contributed by atoms with Crippen molar-refractivity contribution in [3.05, 3.63) is 42.0 Å². The molecule has 2 rings (SSSR count). The van der Waals surface area contributed by atoms with Gasteiger partial charge in [0.25, 0.3) is 0 Å². The number of carboxylic acids is 1. The number of rotatable bonds is 4. The first-order valence-electron chi connectivity index (χ1n) is 5.00. The Bertz CT molecular complexity index is 704. The van der Waals surface area contributed by atoms with Gasteiger partial charge in [0.1, 0.15) is 4.21 Å². The zero-order chi connectivity index (χ0) is 14.0.